The molecule has 0 atom stereocenters. The zero-order valence-corrected chi connectivity index (χ0v) is 12.2. The maximum Gasteiger partial charge on any atom is 0.218 e. The van der Waals surface area contributed by atoms with Gasteiger partial charge in [-0.15, -0.1) is 5.10 Å². The zero-order valence-electron chi connectivity index (χ0n) is 12.2. The Labute approximate surface area is 119 Å². The minimum absolute atomic E-state index is 0.605. The fourth-order valence-corrected chi connectivity index (χ4v) is 1.89. The molecule has 0 fully saturated rings. The highest BCUT2D eigenvalue weighted by atomic mass is 16.5. The predicted octanol–water partition coefficient (Wildman–Crippen LogP) is 1.48. The number of nitrogens with one attached hydrogen (secondary N) is 1. The molecule has 0 radical (unpaired) electrons. The van der Waals surface area contributed by atoms with Crippen LogP contribution in [-0.2, 0) is 13.1 Å². The first kappa shape index (κ1) is 14.5. The molecule has 6 nitrogen and oxygen atoms in total. The van der Waals surface area contributed by atoms with Gasteiger partial charge < -0.3 is 10.1 Å². The van der Waals surface area contributed by atoms with E-state index in [1.54, 1.807) is 18.0 Å². The lowest BCUT2D eigenvalue weighted by Crippen LogP contribution is -2.19. The molecular weight excluding hydrogens is 254 g/mol. The minimum Gasteiger partial charge on any atom is -0.481 e. The van der Waals surface area contributed by atoms with Crippen LogP contribution < -0.4 is 10.1 Å². The first-order valence-electron chi connectivity index (χ1n) is 6.76. The summed E-state index contributed by atoms with van der Waals surface area (Å²) in [6.45, 7) is 6.68. The van der Waals surface area contributed by atoms with Crippen LogP contribution in [0.5, 0.6) is 5.88 Å². The molecule has 2 aromatic rings. The predicted molar refractivity (Wildman–Crippen MR) is 76.5 cm³/mol. The molecule has 0 unspecified atom stereocenters. The van der Waals surface area contributed by atoms with Crippen LogP contribution >= 0.6 is 0 Å². The Balaban J connectivity index is 1.95. The van der Waals surface area contributed by atoms with Crippen LogP contribution in [0.3, 0.4) is 0 Å². The number of methoxy groups -OCH3 is 1. The summed E-state index contributed by atoms with van der Waals surface area (Å²) in [4.78, 5) is 4.17. The van der Waals surface area contributed by atoms with Crippen molar-refractivity contribution in [3.63, 3.8) is 0 Å². The van der Waals surface area contributed by atoms with E-state index < -0.39 is 0 Å². The minimum atomic E-state index is 0.605. The molecule has 2 rings (SSSR count). The highest BCUT2D eigenvalue weighted by Gasteiger charge is 2.06. The SMILES string of the molecule is COc1ncccc1Cn1cc(CNCC(C)C)nn1. The van der Waals surface area contributed by atoms with Crippen molar-refractivity contribution in [2.45, 2.75) is 26.9 Å². The molecular formula is C14H21N5O. The van der Waals surface area contributed by atoms with E-state index in [0.29, 0.717) is 18.3 Å². The van der Waals surface area contributed by atoms with Crippen molar-refractivity contribution in [2.24, 2.45) is 5.92 Å². The molecule has 0 bridgehead atoms. The van der Waals surface area contributed by atoms with Gasteiger partial charge in [0.05, 0.1) is 25.5 Å². The van der Waals surface area contributed by atoms with Gasteiger partial charge >= 0.3 is 0 Å². The second-order valence-corrected chi connectivity index (χ2v) is 5.10. The molecule has 108 valence electrons. The van der Waals surface area contributed by atoms with Crippen LogP contribution in [0.2, 0.25) is 0 Å². The molecule has 0 aromatic carbocycles. The van der Waals surface area contributed by atoms with Crippen molar-refractivity contribution in [1.82, 2.24) is 25.3 Å². The Bertz CT molecular complexity index is 538. The lowest BCUT2D eigenvalue weighted by Gasteiger charge is -2.06. The number of hydrogen-bond donors (Lipinski definition) is 1. The van der Waals surface area contributed by atoms with Crippen molar-refractivity contribution >= 4 is 0 Å². The monoisotopic (exact) mass is 275 g/mol. The van der Waals surface area contributed by atoms with E-state index in [4.69, 9.17) is 4.74 Å². The smallest absolute Gasteiger partial charge is 0.218 e. The van der Waals surface area contributed by atoms with Crippen LogP contribution in [0.15, 0.2) is 24.5 Å². The third-order valence-electron chi connectivity index (χ3n) is 2.82. The number of ether oxygens (including phenoxy) is 1. The Morgan fingerprint density at radius 1 is 1.40 bits per heavy atom. The van der Waals surface area contributed by atoms with E-state index in [2.05, 4.69) is 34.5 Å². The highest BCUT2D eigenvalue weighted by Crippen LogP contribution is 2.14. The molecule has 20 heavy (non-hydrogen) atoms. The van der Waals surface area contributed by atoms with Gasteiger partial charge in [-0.05, 0) is 18.5 Å². The van der Waals surface area contributed by atoms with E-state index in [1.807, 2.05) is 18.3 Å². The lowest BCUT2D eigenvalue weighted by atomic mass is 10.2. The summed E-state index contributed by atoms with van der Waals surface area (Å²) in [5.74, 6) is 1.26. The van der Waals surface area contributed by atoms with Gasteiger partial charge in [-0.1, -0.05) is 25.1 Å². The van der Waals surface area contributed by atoms with E-state index in [1.165, 1.54) is 0 Å². The van der Waals surface area contributed by atoms with Gasteiger partial charge in [-0.3, -0.25) is 0 Å². The Morgan fingerprint density at radius 2 is 2.25 bits per heavy atom. The van der Waals surface area contributed by atoms with Gasteiger partial charge in [-0.25, -0.2) is 9.67 Å². The number of aromatic nitrogens is 4. The lowest BCUT2D eigenvalue weighted by molar-refractivity contribution is 0.390. The standard InChI is InChI=1S/C14H21N5O/c1-11(2)7-15-8-13-10-19(18-17-13)9-12-5-4-6-16-14(12)20-3/h4-6,10-11,15H,7-9H2,1-3H3. The quantitative estimate of drug-likeness (QED) is 0.829. The normalized spacial score (nSPS) is 11.0. The van der Waals surface area contributed by atoms with Crippen LogP contribution in [0.4, 0.5) is 0 Å². The molecule has 1 N–H and O–H groups in total. The average molecular weight is 275 g/mol. The van der Waals surface area contributed by atoms with Crippen molar-refractivity contribution in [3.8, 4) is 5.88 Å². The maximum absolute atomic E-state index is 5.23. The summed E-state index contributed by atoms with van der Waals surface area (Å²) >= 11 is 0. The Hall–Kier alpha value is -1.95. The highest BCUT2D eigenvalue weighted by molar-refractivity contribution is 5.25. The van der Waals surface area contributed by atoms with E-state index >= 15 is 0 Å². The molecule has 2 heterocycles. The van der Waals surface area contributed by atoms with E-state index in [9.17, 15) is 0 Å². The van der Waals surface area contributed by atoms with Gasteiger partial charge in [0.1, 0.15) is 0 Å². The summed E-state index contributed by atoms with van der Waals surface area (Å²) in [6, 6.07) is 3.87. The number of nitrogens with zero attached hydrogens (tertiary/aromatic N) is 4. The zero-order chi connectivity index (χ0) is 14.4. The summed E-state index contributed by atoms with van der Waals surface area (Å²) in [6.07, 6.45) is 3.66. The molecule has 0 saturated carbocycles. The first-order valence-corrected chi connectivity index (χ1v) is 6.76. The van der Waals surface area contributed by atoms with Crippen molar-refractivity contribution in [3.05, 3.63) is 35.8 Å². The molecule has 0 spiro atoms. The fraction of sp³-hybridized carbons (Fsp3) is 0.500. The van der Waals surface area contributed by atoms with Crippen molar-refractivity contribution in [1.29, 1.82) is 0 Å². The second-order valence-electron chi connectivity index (χ2n) is 5.10. The van der Waals surface area contributed by atoms with Crippen LogP contribution in [-0.4, -0.2) is 33.6 Å². The molecule has 0 aliphatic carbocycles. The molecule has 0 aliphatic rings. The largest absolute Gasteiger partial charge is 0.481 e. The first-order chi connectivity index (χ1) is 9.69. The Kier molecular flexibility index (Phi) is 5.06. The van der Waals surface area contributed by atoms with Gasteiger partial charge in [0.15, 0.2) is 0 Å². The summed E-state index contributed by atoms with van der Waals surface area (Å²) in [7, 11) is 1.62. The topological polar surface area (TPSA) is 64.9 Å². The molecule has 0 saturated heterocycles. The fourth-order valence-electron chi connectivity index (χ4n) is 1.89. The third kappa shape index (κ3) is 4.03. The van der Waals surface area contributed by atoms with Crippen LogP contribution in [0.1, 0.15) is 25.1 Å². The molecule has 2 aromatic heterocycles. The van der Waals surface area contributed by atoms with Crippen LogP contribution in [0, 0.1) is 5.92 Å². The molecule has 0 amide bonds. The number of pyridine rings is 1. The maximum atomic E-state index is 5.23. The van der Waals surface area contributed by atoms with E-state index in [0.717, 1.165) is 24.3 Å². The van der Waals surface area contributed by atoms with Gasteiger partial charge in [0.2, 0.25) is 5.88 Å². The summed E-state index contributed by atoms with van der Waals surface area (Å²) in [5.41, 5.74) is 1.93. The van der Waals surface area contributed by atoms with Crippen molar-refractivity contribution < 1.29 is 4.74 Å². The van der Waals surface area contributed by atoms with Gasteiger partial charge in [0, 0.05) is 18.3 Å². The molecule has 6 heteroatoms. The number of hydrogen-bond acceptors (Lipinski definition) is 5. The molecule has 0 aliphatic heterocycles. The van der Waals surface area contributed by atoms with E-state index in [-0.39, 0.29) is 0 Å². The van der Waals surface area contributed by atoms with Crippen LogP contribution in [0.25, 0.3) is 0 Å². The van der Waals surface area contributed by atoms with Gasteiger partial charge in [-0.2, -0.15) is 0 Å². The summed E-state index contributed by atoms with van der Waals surface area (Å²) in [5, 5.41) is 11.6. The second kappa shape index (κ2) is 7.00. The Morgan fingerprint density at radius 3 is 3.00 bits per heavy atom. The average Bonchev–Trinajstić information content (AvgIpc) is 2.86. The third-order valence-corrected chi connectivity index (χ3v) is 2.82. The van der Waals surface area contributed by atoms with Gasteiger partial charge in [0.25, 0.3) is 0 Å². The number of rotatable bonds is 7. The van der Waals surface area contributed by atoms with Crippen molar-refractivity contribution in [2.75, 3.05) is 13.7 Å². The summed E-state index contributed by atoms with van der Waals surface area (Å²) < 4.78 is 7.03.